The molecule has 1 heterocycles. The zero-order valence-electron chi connectivity index (χ0n) is 16.7. The van der Waals surface area contributed by atoms with Crippen LogP contribution in [0, 0.1) is 5.92 Å². The Balaban J connectivity index is 1.40. The van der Waals surface area contributed by atoms with Gasteiger partial charge in [-0.25, -0.2) is 8.42 Å². The van der Waals surface area contributed by atoms with E-state index in [4.69, 9.17) is 9.47 Å². The lowest BCUT2D eigenvalue weighted by Crippen LogP contribution is -2.41. The summed E-state index contributed by atoms with van der Waals surface area (Å²) in [5, 5.41) is 1.88. The van der Waals surface area contributed by atoms with Gasteiger partial charge < -0.3 is 9.47 Å². The molecule has 0 saturated carbocycles. The molecule has 156 valence electrons. The van der Waals surface area contributed by atoms with Crippen LogP contribution in [-0.2, 0) is 14.8 Å². The third-order valence-corrected chi connectivity index (χ3v) is 7.32. The van der Waals surface area contributed by atoms with Crippen LogP contribution in [0.15, 0.2) is 71.6 Å². The average Bonchev–Trinajstić information content (AvgIpc) is 2.79. The molecule has 1 saturated heterocycles. The fraction of sp³-hybridized carbons (Fsp3) is 0.261. The molecule has 30 heavy (non-hydrogen) atoms. The van der Waals surface area contributed by atoms with Gasteiger partial charge in [-0.05, 0) is 60.0 Å². The van der Waals surface area contributed by atoms with Crippen molar-refractivity contribution in [3.63, 3.8) is 0 Å². The topological polar surface area (TPSA) is 72.9 Å². The van der Waals surface area contributed by atoms with Gasteiger partial charge in [0.15, 0.2) is 0 Å². The summed E-state index contributed by atoms with van der Waals surface area (Å²) < 4.78 is 38.1. The Morgan fingerprint density at radius 2 is 1.53 bits per heavy atom. The van der Waals surface area contributed by atoms with Crippen LogP contribution in [0.25, 0.3) is 10.8 Å². The van der Waals surface area contributed by atoms with Crippen molar-refractivity contribution < 1.29 is 22.7 Å². The van der Waals surface area contributed by atoms with Crippen LogP contribution >= 0.6 is 0 Å². The number of ether oxygens (including phenoxy) is 2. The number of rotatable bonds is 5. The van der Waals surface area contributed by atoms with Crippen molar-refractivity contribution in [1.29, 1.82) is 0 Å². The molecule has 0 aliphatic carbocycles. The highest BCUT2D eigenvalue weighted by atomic mass is 32.2. The second kappa shape index (κ2) is 8.45. The predicted octanol–water partition coefficient (Wildman–Crippen LogP) is 3.85. The Labute approximate surface area is 176 Å². The maximum Gasteiger partial charge on any atom is 0.314 e. The quantitative estimate of drug-likeness (QED) is 0.459. The molecule has 7 heteroatoms. The third-order valence-electron chi connectivity index (χ3n) is 5.42. The van der Waals surface area contributed by atoms with Crippen molar-refractivity contribution in [1.82, 2.24) is 4.31 Å². The van der Waals surface area contributed by atoms with E-state index in [-0.39, 0.29) is 29.9 Å². The summed E-state index contributed by atoms with van der Waals surface area (Å²) in [6.07, 6.45) is 0.865. The maximum atomic E-state index is 13.1. The van der Waals surface area contributed by atoms with Crippen LogP contribution in [0.4, 0.5) is 0 Å². The standard InChI is InChI=1S/C23H23NO5S/c1-28-20-7-9-21(10-8-20)29-23(25)18-12-14-24(15-13-18)30(26,27)22-11-6-17-4-2-3-5-19(17)16-22/h2-11,16,18H,12-15H2,1H3. The number of hydrogen-bond donors (Lipinski definition) is 0. The van der Waals surface area contributed by atoms with Crippen molar-refractivity contribution in [3.8, 4) is 11.5 Å². The van der Waals surface area contributed by atoms with Gasteiger partial charge in [0.05, 0.1) is 17.9 Å². The Bertz CT molecular complexity index is 1150. The highest BCUT2D eigenvalue weighted by Gasteiger charge is 2.33. The summed E-state index contributed by atoms with van der Waals surface area (Å²) in [5.41, 5.74) is 0. The van der Waals surface area contributed by atoms with Crippen LogP contribution in [0.2, 0.25) is 0 Å². The lowest BCUT2D eigenvalue weighted by molar-refractivity contribution is -0.140. The van der Waals surface area contributed by atoms with E-state index in [1.165, 1.54) is 4.31 Å². The monoisotopic (exact) mass is 425 g/mol. The molecule has 3 aromatic carbocycles. The van der Waals surface area contributed by atoms with Gasteiger partial charge in [0.1, 0.15) is 11.5 Å². The normalized spacial score (nSPS) is 15.8. The summed E-state index contributed by atoms with van der Waals surface area (Å²) >= 11 is 0. The van der Waals surface area contributed by atoms with Crippen LogP contribution in [0.3, 0.4) is 0 Å². The van der Waals surface area contributed by atoms with Gasteiger partial charge in [0.25, 0.3) is 0 Å². The minimum Gasteiger partial charge on any atom is -0.497 e. The summed E-state index contributed by atoms with van der Waals surface area (Å²) in [5.74, 6) is 0.479. The number of benzene rings is 3. The zero-order valence-corrected chi connectivity index (χ0v) is 17.5. The van der Waals surface area contributed by atoms with E-state index < -0.39 is 10.0 Å². The highest BCUT2D eigenvalue weighted by Crippen LogP contribution is 2.27. The first kappa shape index (κ1) is 20.4. The van der Waals surface area contributed by atoms with Crippen molar-refractivity contribution >= 4 is 26.8 Å². The molecule has 0 unspecified atom stereocenters. The fourth-order valence-corrected chi connectivity index (χ4v) is 5.16. The molecule has 1 aliphatic rings. The van der Waals surface area contributed by atoms with Crippen molar-refractivity contribution in [2.45, 2.75) is 17.7 Å². The highest BCUT2D eigenvalue weighted by molar-refractivity contribution is 7.89. The van der Waals surface area contributed by atoms with Crippen LogP contribution in [0.5, 0.6) is 11.5 Å². The molecule has 0 radical (unpaired) electrons. The molecule has 0 amide bonds. The molecule has 0 atom stereocenters. The van der Waals surface area contributed by atoms with E-state index in [1.54, 1.807) is 43.5 Å². The van der Waals surface area contributed by atoms with E-state index in [2.05, 4.69) is 0 Å². The smallest absolute Gasteiger partial charge is 0.314 e. The average molecular weight is 426 g/mol. The molecule has 6 nitrogen and oxygen atoms in total. The molecule has 4 rings (SSSR count). The summed E-state index contributed by atoms with van der Waals surface area (Å²) in [4.78, 5) is 12.8. The van der Waals surface area contributed by atoms with Gasteiger partial charge in [0.2, 0.25) is 10.0 Å². The molecular weight excluding hydrogens is 402 g/mol. The minimum atomic E-state index is -3.60. The third kappa shape index (κ3) is 4.17. The molecule has 1 aliphatic heterocycles. The van der Waals surface area contributed by atoms with Gasteiger partial charge >= 0.3 is 5.97 Å². The van der Waals surface area contributed by atoms with Gasteiger partial charge in [-0.2, -0.15) is 4.31 Å². The number of hydrogen-bond acceptors (Lipinski definition) is 5. The van der Waals surface area contributed by atoms with E-state index in [0.29, 0.717) is 24.3 Å². The van der Waals surface area contributed by atoms with E-state index in [1.807, 2.05) is 30.3 Å². The first-order chi connectivity index (χ1) is 14.5. The number of piperidine rings is 1. The van der Waals surface area contributed by atoms with E-state index in [9.17, 15) is 13.2 Å². The van der Waals surface area contributed by atoms with E-state index >= 15 is 0 Å². The number of carbonyl (C=O) groups excluding carboxylic acids is 1. The summed E-state index contributed by atoms with van der Waals surface area (Å²) in [7, 11) is -2.03. The second-order valence-electron chi connectivity index (χ2n) is 7.28. The van der Waals surface area contributed by atoms with Gasteiger partial charge in [0, 0.05) is 13.1 Å². The number of fused-ring (bicyclic) bond motifs is 1. The van der Waals surface area contributed by atoms with Crippen LogP contribution in [-0.4, -0.2) is 38.9 Å². The summed E-state index contributed by atoms with van der Waals surface area (Å²) in [6.45, 7) is 0.578. The molecule has 0 bridgehead atoms. The number of sulfonamides is 1. The van der Waals surface area contributed by atoms with E-state index in [0.717, 1.165) is 10.8 Å². The molecule has 0 spiro atoms. The van der Waals surface area contributed by atoms with Gasteiger partial charge in [-0.3, -0.25) is 4.79 Å². The molecule has 3 aromatic rings. The van der Waals surface area contributed by atoms with Crippen molar-refractivity contribution in [2.75, 3.05) is 20.2 Å². The van der Waals surface area contributed by atoms with Crippen molar-refractivity contribution in [3.05, 3.63) is 66.7 Å². The number of esters is 1. The Hall–Kier alpha value is -2.90. The fourth-order valence-electron chi connectivity index (χ4n) is 3.65. The molecule has 1 fully saturated rings. The van der Waals surface area contributed by atoms with Gasteiger partial charge in [-0.15, -0.1) is 0 Å². The summed E-state index contributed by atoms with van der Waals surface area (Å²) in [6, 6.07) is 19.6. The zero-order chi connectivity index (χ0) is 21.1. The van der Waals surface area contributed by atoms with Gasteiger partial charge in [-0.1, -0.05) is 30.3 Å². The first-order valence-electron chi connectivity index (χ1n) is 9.82. The predicted molar refractivity (Wildman–Crippen MR) is 114 cm³/mol. The first-order valence-corrected chi connectivity index (χ1v) is 11.3. The largest absolute Gasteiger partial charge is 0.497 e. The lowest BCUT2D eigenvalue weighted by atomic mass is 9.98. The Morgan fingerprint density at radius 1 is 0.900 bits per heavy atom. The number of methoxy groups -OCH3 is 1. The maximum absolute atomic E-state index is 13.1. The minimum absolute atomic E-state index is 0.278. The molecule has 0 aromatic heterocycles. The molecule has 0 N–H and O–H groups in total. The van der Waals surface area contributed by atoms with Crippen LogP contribution in [0.1, 0.15) is 12.8 Å². The van der Waals surface area contributed by atoms with Crippen molar-refractivity contribution in [2.24, 2.45) is 5.92 Å². The van der Waals surface area contributed by atoms with Crippen LogP contribution < -0.4 is 9.47 Å². The Morgan fingerprint density at radius 3 is 2.20 bits per heavy atom. The SMILES string of the molecule is COc1ccc(OC(=O)C2CCN(S(=O)(=O)c3ccc4ccccc4c3)CC2)cc1. The second-order valence-corrected chi connectivity index (χ2v) is 9.22. The number of nitrogens with zero attached hydrogens (tertiary/aromatic N) is 1. The number of carbonyl (C=O) groups is 1. The lowest BCUT2D eigenvalue weighted by Gasteiger charge is -2.30. The Kier molecular flexibility index (Phi) is 5.74. The molecular formula is C23H23NO5S.